The van der Waals surface area contributed by atoms with Gasteiger partial charge in [0.15, 0.2) is 5.82 Å². The molecule has 1 saturated carbocycles. The van der Waals surface area contributed by atoms with Crippen LogP contribution in [0.3, 0.4) is 0 Å². The summed E-state index contributed by atoms with van der Waals surface area (Å²) in [7, 11) is 0. The molecule has 18 heavy (non-hydrogen) atoms. The molecule has 0 spiro atoms. The van der Waals surface area contributed by atoms with E-state index in [1.807, 2.05) is 6.07 Å². The van der Waals surface area contributed by atoms with Gasteiger partial charge in [0.1, 0.15) is 0 Å². The van der Waals surface area contributed by atoms with Gasteiger partial charge in [0, 0.05) is 18.2 Å². The molecule has 1 aromatic heterocycles. The first kappa shape index (κ1) is 13.1. The molecule has 2 rings (SSSR count). The standard InChI is InChI=1S/C14H23N3O/c1-2-6-12-10-13(17-16-12)15-14(18)9-11-7-4-3-5-8-11/h10-11H,2-9H2,1H3,(H2,15,16,17,18). The van der Waals surface area contributed by atoms with Crippen molar-refractivity contribution in [3.63, 3.8) is 0 Å². The molecule has 0 saturated heterocycles. The molecule has 0 radical (unpaired) electrons. The number of nitrogens with zero attached hydrogens (tertiary/aromatic N) is 1. The van der Waals surface area contributed by atoms with Crippen LogP contribution in [0, 0.1) is 5.92 Å². The molecule has 4 nitrogen and oxygen atoms in total. The molecule has 0 unspecified atom stereocenters. The zero-order valence-corrected chi connectivity index (χ0v) is 11.2. The zero-order chi connectivity index (χ0) is 12.8. The molecule has 1 amide bonds. The lowest BCUT2D eigenvalue weighted by Crippen LogP contribution is -2.18. The van der Waals surface area contributed by atoms with Crippen LogP contribution in [0.1, 0.15) is 57.6 Å². The van der Waals surface area contributed by atoms with E-state index in [-0.39, 0.29) is 5.91 Å². The Hall–Kier alpha value is -1.32. The van der Waals surface area contributed by atoms with Gasteiger partial charge in [-0.15, -0.1) is 0 Å². The third-order valence-electron chi connectivity index (χ3n) is 3.62. The second kappa shape index (κ2) is 6.57. The highest BCUT2D eigenvalue weighted by atomic mass is 16.1. The Bertz CT molecular complexity index is 380. The first-order chi connectivity index (χ1) is 8.78. The number of aromatic amines is 1. The first-order valence-electron chi connectivity index (χ1n) is 7.12. The van der Waals surface area contributed by atoms with Crippen LogP contribution >= 0.6 is 0 Å². The topological polar surface area (TPSA) is 57.8 Å². The number of nitrogens with one attached hydrogen (secondary N) is 2. The van der Waals surface area contributed by atoms with Crippen LogP contribution in [0.5, 0.6) is 0 Å². The van der Waals surface area contributed by atoms with Gasteiger partial charge < -0.3 is 5.32 Å². The number of carbonyl (C=O) groups is 1. The Morgan fingerprint density at radius 2 is 2.22 bits per heavy atom. The average molecular weight is 249 g/mol. The summed E-state index contributed by atoms with van der Waals surface area (Å²) >= 11 is 0. The maximum absolute atomic E-state index is 11.9. The highest BCUT2D eigenvalue weighted by Crippen LogP contribution is 2.26. The minimum Gasteiger partial charge on any atom is -0.309 e. The first-order valence-corrected chi connectivity index (χ1v) is 7.12. The number of carbonyl (C=O) groups excluding carboxylic acids is 1. The molecule has 0 atom stereocenters. The van der Waals surface area contributed by atoms with Crippen LogP contribution in [0.15, 0.2) is 6.07 Å². The summed E-state index contributed by atoms with van der Waals surface area (Å²) < 4.78 is 0. The van der Waals surface area contributed by atoms with Crippen molar-refractivity contribution in [2.24, 2.45) is 5.92 Å². The van der Waals surface area contributed by atoms with E-state index < -0.39 is 0 Å². The van der Waals surface area contributed by atoms with Gasteiger partial charge >= 0.3 is 0 Å². The van der Waals surface area contributed by atoms with Gasteiger partial charge in [0.25, 0.3) is 0 Å². The quantitative estimate of drug-likeness (QED) is 0.841. The maximum atomic E-state index is 11.9. The Morgan fingerprint density at radius 1 is 1.44 bits per heavy atom. The van der Waals surface area contributed by atoms with E-state index >= 15 is 0 Å². The van der Waals surface area contributed by atoms with Crippen LogP contribution in [-0.4, -0.2) is 16.1 Å². The molecule has 1 heterocycles. The Balaban J connectivity index is 1.78. The Kier molecular flexibility index (Phi) is 4.79. The molecule has 1 aliphatic carbocycles. The molecule has 1 fully saturated rings. The lowest BCUT2D eigenvalue weighted by atomic mass is 9.87. The minimum absolute atomic E-state index is 0.108. The van der Waals surface area contributed by atoms with E-state index in [4.69, 9.17) is 0 Å². The lowest BCUT2D eigenvalue weighted by molar-refractivity contribution is -0.117. The van der Waals surface area contributed by atoms with E-state index in [9.17, 15) is 4.79 Å². The zero-order valence-electron chi connectivity index (χ0n) is 11.2. The van der Waals surface area contributed by atoms with Gasteiger partial charge in [0.05, 0.1) is 0 Å². The largest absolute Gasteiger partial charge is 0.309 e. The SMILES string of the molecule is CCCc1cc(NC(=O)CC2CCCCC2)n[nH]1. The minimum atomic E-state index is 0.108. The highest BCUT2D eigenvalue weighted by molar-refractivity contribution is 5.89. The van der Waals surface area contributed by atoms with Gasteiger partial charge in [-0.05, 0) is 25.2 Å². The molecular formula is C14H23N3O. The predicted molar refractivity (Wildman–Crippen MR) is 72.4 cm³/mol. The number of H-pyrrole nitrogens is 1. The van der Waals surface area contributed by atoms with Crippen molar-refractivity contribution in [1.82, 2.24) is 10.2 Å². The van der Waals surface area contributed by atoms with Gasteiger partial charge in [-0.25, -0.2) is 0 Å². The van der Waals surface area contributed by atoms with Crippen LogP contribution < -0.4 is 5.32 Å². The van der Waals surface area contributed by atoms with Crippen molar-refractivity contribution in [2.45, 2.75) is 58.3 Å². The van der Waals surface area contributed by atoms with E-state index in [2.05, 4.69) is 22.4 Å². The fourth-order valence-electron chi connectivity index (χ4n) is 2.67. The summed E-state index contributed by atoms with van der Waals surface area (Å²) in [6.45, 7) is 2.13. The van der Waals surface area contributed by atoms with Crippen LogP contribution in [0.2, 0.25) is 0 Å². The van der Waals surface area contributed by atoms with E-state index in [1.165, 1.54) is 32.1 Å². The van der Waals surface area contributed by atoms with E-state index in [0.717, 1.165) is 18.5 Å². The molecule has 0 aromatic carbocycles. The van der Waals surface area contributed by atoms with Crippen molar-refractivity contribution in [3.8, 4) is 0 Å². The summed E-state index contributed by atoms with van der Waals surface area (Å²) in [6, 6.07) is 1.93. The summed E-state index contributed by atoms with van der Waals surface area (Å²) in [5, 5.41) is 9.95. The van der Waals surface area contributed by atoms with Crippen molar-refractivity contribution in [1.29, 1.82) is 0 Å². The molecule has 2 N–H and O–H groups in total. The lowest BCUT2D eigenvalue weighted by Gasteiger charge is -2.20. The Morgan fingerprint density at radius 3 is 2.94 bits per heavy atom. The molecule has 1 aromatic rings. The number of aryl methyl sites for hydroxylation is 1. The number of amides is 1. The summed E-state index contributed by atoms with van der Waals surface area (Å²) in [5.74, 6) is 1.35. The number of anilines is 1. The molecule has 1 aliphatic rings. The fraction of sp³-hybridized carbons (Fsp3) is 0.714. The van der Waals surface area contributed by atoms with Gasteiger partial charge in [0.2, 0.25) is 5.91 Å². The van der Waals surface area contributed by atoms with E-state index in [0.29, 0.717) is 18.2 Å². The average Bonchev–Trinajstić information content (AvgIpc) is 2.78. The van der Waals surface area contributed by atoms with Crippen molar-refractivity contribution in [3.05, 3.63) is 11.8 Å². The Labute approximate surface area is 109 Å². The van der Waals surface area contributed by atoms with Crippen LogP contribution in [0.4, 0.5) is 5.82 Å². The van der Waals surface area contributed by atoms with Crippen molar-refractivity contribution in [2.75, 3.05) is 5.32 Å². The predicted octanol–water partition coefficient (Wildman–Crippen LogP) is 3.27. The number of rotatable bonds is 5. The number of aromatic nitrogens is 2. The highest BCUT2D eigenvalue weighted by Gasteiger charge is 2.17. The second-order valence-electron chi connectivity index (χ2n) is 5.28. The fourth-order valence-corrected chi connectivity index (χ4v) is 2.67. The molecule has 0 aliphatic heterocycles. The summed E-state index contributed by atoms with van der Waals surface area (Å²) in [4.78, 5) is 11.9. The maximum Gasteiger partial charge on any atom is 0.225 e. The smallest absolute Gasteiger partial charge is 0.225 e. The molecule has 100 valence electrons. The number of hydrogen-bond acceptors (Lipinski definition) is 2. The van der Waals surface area contributed by atoms with Crippen LogP contribution in [-0.2, 0) is 11.2 Å². The van der Waals surface area contributed by atoms with E-state index in [1.54, 1.807) is 0 Å². The van der Waals surface area contributed by atoms with Crippen molar-refractivity contribution < 1.29 is 4.79 Å². The van der Waals surface area contributed by atoms with Gasteiger partial charge in [-0.1, -0.05) is 32.6 Å². The second-order valence-corrected chi connectivity index (χ2v) is 5.28. The number of hydrogen-bond donors (Lipinski definition) is 2. The monoisotopic (exact) mass is 249 g/mol. The molecule has 4 heteroatoms. The summed E-state index contributed by atoms with van der Waals surface area (Å²) in [6.07, 6.45) is 9.00. The normalized spacial score (nSPS) is 16.7. The van der Waals surface area contributed by atoms with Crippen molar-refractivity contribution >= 4 is 11.7 Å². The third-order valence-corrected chi connectivity index (χ3v) is 3.62. The summed E-state index contributed by atoms with van der Waals surface area (Å²) in [5.41, 5.74) is 1.09. The van der Waals surface area contributed by atoms with Gasteiger partial charge in [-0.2, -0.15) is 5.10 Å². The van der Waals surface area contributed by atoms with Gasteiger partial charge in [-0.3, -0.25) is 9.89 Å². The molecule has 0 bridgehead atoms. The molecular weight excluding hydrogens is 226 g/mol. The van der Waals surface area contributed by atoms with Crippen LogP contribution in [0.25, 0.3) is 0 Å². The third kappa shape index (κ3) is 3.86.